The summed E-state index contributed by atoms with van der Waals surface area (Å²) in [5, 5.41) is 0. The van der Waals surface area contributed by atoms with Crippen molar-refractivity contribution in [1.82, 2.24) is 0 Å². The Kier molecular flexibility index (Phi) is 4.43. The van der Waals surface area contributed by atoms with Crippen LogP contribution in [0.5, 0.6) is 0 Å². The van der Waals surface area contributed by atoms with Crippen LogP contribution in [0.15, 0.2) is 60.7 Å². The molecule has 2 aromatic carbocycles. The van der Waals surface area contributed by atoms with Crippen LogP contribution in [0.1, 0.15) is 15.9 Å². The lowest BCUT2D eigenvalue weighted by atomic mass is 9.90. The van der Waals surface area contributed by atoms with E-state index in [0.717, 1.165) is 5.56 Å². The highest BCUT2D eigenvalue weighted by atomic mass is 16.7. The maximum Gasteiger partial charge on any atom is 0.171 e. The van der Waals surface area contributed by atoms with Crippen molar-refractivity contribution in [3.05, 3.63) is 71.8 Å². The number of Topliss-reactive ketones (excluding diaryl/α,β-unsaturated/α-hetero) is 1. The first-order valence-electron chi connectivity index (χ1n) is 7.21. The van der Waals surface area contributed by atoms with Crippen molar-refractivity contribution in [2.75, 3.05) is 13.2 Å². The SMILES string of the molecule is O=C(c1ccccc1)C(Cc1ccccc1)C1OCCO1. The summed E-state index contributed by atoms with van der Waals surface area (Å²) >= 11 is 0. The van der Waals surface area contributed by atoms with Gasteiger partial charge >= 0.3 is 0 Å². The first-order chi connectivity index (χ1) is 10.3. The second-order valence-corrected chi connectivity index (χ2v) is 5.14. The number of hydrogen-bond acceptors (Lipinski definition) is 3. The molecule has 21 heavy (non-hydrogen) atoms. The van der Waals surface area contributed by atoms with Crippen LogP contribution in [0.4, 0.5) is 0 Å². The molecule has 2 aromatic rings. The van der Waals surface area contributed by atoms with Crippen LogP contribution < -0.4 is 0 Å². The normalized spacial score (nSPS) is 16.8. The van der Waals surface area contributed by atoms with Gasteiger partial charge in [-0.2, -0.15) is 0 Å². The molecule has 0 amide bonds. The van der Waals surface area contributed by atoms with E-state index in [-0.39, 0.29) is 11.7 Å². The summed E-state index contributed by atoms with van der Waals surface area (Å²) < 4.78 is 11.2. The average molecular weight is 282 g/mol. The molecule has 1 fully saturated rings. The molecule has 1 heterocycles. The lowest BCUT2D eigenvalue weighted by Crippen LogP contribution is -2.31. The van der Waals surface area contributed by atoms with E-state index in [1.165, 1.54) is 0 Å². The van der Waals surface area contributed by atoms with E-state index in [4.69, 9.17) is 9.47 Å². The summed E-state index contributed by atoms with van der Waals surface area (Å²) in [6.07, 6.45) is 0.178. The number of carbonyl (C=O) groups is 1. The summed E-state index contributed by atoms with van der Waals surface area (Å²) in [5.74, 6) is -0.233. The molecule has 3 nitrogen and oxygen atoms in total. The number of carbonyl (C=O) groups excluding carboxylic acids is 1. The Morgan fingerprint density at radius 2 is 1.52 bits per heavy atom. The lowest BCUT2D eigenvalue weighted by Gasteiger charge is -2.21. The number of rotatable bonds is 5. The third-order valence-corrected chi connectivity index (χ3v) is 3.67. The van der Waals surface area contributed by atoms with Crippen LogP contribution in [-0.4, -0.2) is 25.3 Å². The van der Waals surface area contributed by atoms with Crippen molar-refractivity contribution in [1.29, 1.82) is 0 Å². The molecule has 0 spiro atoms. The quantitative estimate of drug-likeness (QED) is 0.791. The molecule has 3 heteroatoms. The van der Waals surface area contributed by atoms with Crippen LogP contribution in [0.25, 0.3) is 0 Å². The molecule has 1 saturated heterocycles. The molecule has 0 aliphatic carbocycles. The Morgan fingerprint density at radius 1 is 0.952 bits per heavy atom. The van der Waals surface area contributed by atoms with Crippen molar-refractivity contribution in [3.63, 3.8) is 0 Å². The van der Waals surface area contributed by atoms with E-state index in [1.807, 2.05) is 60.7 Å². The summed E-state index contributed by atoms with van der Waals surface area (Å²) in [4.78, 5) is 12.8. The van der Waals surface area contributed by atoms with Crippen LogP contribution in [0.2, 0.25) is 0 Å². The van der Waals surface area contributed by atoms with Gasteiger partial charge in [-0.15, -0.1) is 0 Å². The van der Waals surface area contributed by atoms with Gasteiger partial charge in [0.15, 0.2) is 12.1 Å². The summed E-state index contributed by atoms with van der Waals surface area (Å²) in [5.41, 5.74) is 1.82. The van der Waals surface area contributed by atoms with Gasteiger partial charge in [0.25, 0.3) is 0 Å². The van der Waals surface area contributed by atoms with E-state index in [2.05, 4.69) is 0 Å². The predicted octanol–water partition coefficient (Wildman–Crippen LogP) is 3.10. The minimum atomic E-state index is -0.446. The zero-order chi connectivity index (χ0) is 14.5. The summed E-state index contributed by atoms with van der Waals surface area (Å²) in [6.45, 7) is 1.11. The molecule has 1 aliphatic rings. The van der Waals surface area contributed by atoms with E-state index in [9.17, 15) is 4.79 Å². The zero-order valence-electron chi connectivity index (χ0n) is 11.8. The molecular weight excluding hydrogens is 264 g/mol. The van der Waals surface area contributed by atoms with Crippen LogP contribution in [-0.2, 0) is 15.9 Å². The zero-order valence-corrected chi connectivity index (χ0v) is 11.8. The third kappa shape index (κ3) is 3.38. The van der Waals surface area contributed by atoms with Crippen molar-refractivity contribution in [3.8, 4) is 0 Å². The maximum atomic E-state index is 12.8. The number of benzene rings is 2. The molecule has 0 bridgehead atoms. The Bertz CT molecular complexity index is 574. The molecule has 1 aliphatic heterocycles. The summed E-state index contributed by atoms with van der Waals surface area (Å²) in [6, 6.07) is 19.3. The largest absolute Gasteiger partial charge is 0.349 e. The minimum Gasteiger partial charge on any atom is -0.349 e. The van der Waals surface area contributed by atoms with E-state index in [1.54, 1.807) is 0 Å². The minimum absolute atomic E-state index is 0.0753. The molecule has 0 saturated carbocycles. The molecule has 0 N–H and O–H groups in total. The second kappa shape index (κ2) is 6.66. The fourth-order valence-electron chi connectivity index (χ4n) is 2.61. The van der Waals surface area contributed by atoms with Crippen molar-refractivity contribution >= 4 is 5.78 Å². The van der Waals surface area contributed by atoms with Gasteiger partial charge in [-0.05, 0) is 12.0 Å². The van der Waals surface area contributed by atoms with Crippen LogP contribution in [0, 0.1) is 5.92 Å². The lowest BCUT2D eigenvalue weighted by molar-refractivity contribution is -0.0726. The number of ether oxygens (including phenoxy) is 2. The van der Waals surface area contributed by atoms with Gasteiger partial charge < -0.3 is 9.47 Å². The molecular formula is C18H18O3. The number of hydrogen-bond donors (Lipinski definition) is 0. The maximum absolute atomic E-state index is 12.8. The molecule has 1 unspecified atom stereocenters. The van der Waals surface area contributed by atoms with E-state index in [0.29, 0.717) is 25.2 Å². The highest BCUT2D eigenvalue weighted by molar-refractivity contribution is 5.98. The molecule has 108 valence electrons. The highest BCUT2D eigenvalue weighted by Crippen LogP contribution is 2.23. The van der Waals surface area contributed by atoms with E-state index >= 15 is 0 Å². The monoisotopic (exact) mass is 282 g/mol. The second-order valence-electron chi connectivity index (χ2n) is 5.14. The smallest absolute Gasteiger partial charge is 0.171 e. The number of ketones is 1. The third-order valence-electron chi connectivity index (χ3n) is 3.67. The fraction of sp³-hybridized carbons (Fsp3) is 0.278. The molecule has 3 rings (SSSR count). The van der Waals surface area contributed by atoms with Gasteiger partial charge in [0.2, 0.25) is 0 Å². The van der Waals surface area contributed by atoms with E-state index < -0.39 is 6.29 Å². The average Bonchev–Trinajstić information content (AvgIpc) is 3.08. The Labute approximate surface area is 124 Å². The molecule has 1 atom stereocenters. The highest BCUT2D eigenvalue weighted by Gasteiger charge is 2.33. The Balaban J connectivity index is 1.83. The van der Waals surface area contributed by atoms with Gasteiger partial charge in [0.05, 0.1) is 19.1 Å². The Hall–Kier alpha value is -1.97. The van der Waals surface area contributed by atoms with Crippen molar-refractivity contribution in [2.45, 2.75) is 12.7 Å². The molecule has 0 radical (unpaired) electrons. The van der Waals surface area contributed by atoms with Gasteiger partial charge in [-0.25, -0.2) is 0 Å². The standard InChI is InChI=1S/C18H18O3/c19-17(15-9-5-2-6-10-15)16(18-20-11-12-21-18)13-14-7-3-1-4-8-14/h1-10,16,18H,11-13H2. The van der Waals surface area contributed by atoms with Crippen LogP contribution in [0.3, 0.4) is 0 Å². The van der Waals surface area contributed by atoms with Gasteiger partial charge in [-0.3, -0.25) is 4.79 Å². The topological polar surface area (TPSA) is 35.5 Å². The van der Waals surface area contributed by atoms with Gasteiger partial charge in [0.1, 0.15) is 0 Å². The predicted molar refractivity (Wildman–Crippen MR) is 80.1 cm³/mol. The first kappa shape index (κ1) is 14.0. The van der Waals surface area contributed by atoms with Gasteiger partial charge in [-0.1, -0.05) is 60.7 Å². The Morgan fingerprint density at radius 3 is 2.14 bits per heavy atom. The van der Waals surface area contributed by atoms with Crippen LogP contribution >= 0.6 is 0 Å². The summed E-state index contributed by atoms with van der Waals surface area (Å²) in [7, 11) is 0. The van der Waals surface area contributed by atoms with Crippen molar-refractivity contribution < 1.29 is 14.3 Å². The molecule has 0 aromatic heterocycles. The fourth-order valence-corrected chi connectivity index (χ4v) is 2.61. The van der Waals surface area contributed by atoms with Gasteiger partial charge in [0, 0.05) is 5.56 Å². The van der Waals surface area contributed by atoms with Crippen molar-refractivity contribution in [2.24, 2.45) is 5.92 Å². The first-order valence-corrected chi connectivity index (χ1v) is 7.21.